The molecule has 16 heteroatoms. The summed E-state index contributed by atoms with van der Waals surface area (Å²) < 4.78 is 83.4. The summed E-state index contributed by atoms with van der Waals surface area (Å²) in [6.07, 6.45) is -2.78. The fourth-order valence-electron chi connectivity index (χ4n) is 4.03. The van der Waals surface area contributed by atoms with Crippen molar-refractivity contribution in [3.63, 3.8) is 0 Å². The van der Waals surface area contributed by atoms with E-state index in [2.05, 4.69) is 16.1 Å². The molecule has 2 aromatic heterocycles. The molecule has 1 saturated carbocycles. The Hall–Kier alpha value is -3.11. The zero-order valence-electron chi connectivity index (χ0n) is 20.8. The Bertz CT molecular complexity index is 1000. The number of fused-ring (bicyclic) bond motifs is 1. The number of alkyl halides is 6. The molecular weight excluding hydrogens is 544 g/mol. The third kappa shape index (κ3) is 10.9. The van der Waals surface area contributed by atoms with Gasteiger partial charge in [-0.2, -0.15) is 31.4 Å². The van der Waals surface area contributed by atoms with E-state index in [-0.39, 0.29) is 12.2 Å². The van der Waals surface area contributed by atoms with E-state index in [1.807, 2.05) is 36.1 Å². The summed E-state index contributed by atoms with van der Waals surface area (Å²) in [6.45, 7) is 6.26. The molecule has 1 aliphatic heterocycles. The maximum Gasteiger partial charge on any atom is 0.490 e. The summed E-state index contributed by atoms with van der Waals surface area (Å²) in [5.74, 6) is -3.49. The second kappa shape index (κ2) is 14.3. The fraction of sp³-hybridized carbons (Fsp3) is 0.609. The summed E-state index contributed by atoms with van der Waals surface area (Å²) in [5, 5.41) is 18.5. The van der Waals surface area contributed by atoms with Gasteiger partial charge in [-0.15, -0.1) is 0 Å². The smallest absolute Gasteiger partial charge is 0.475 e. The van der Waals surface area contributed by atoms with Crippen LogP contribution in [0.25, 0.3) is 0 Å². The van der Waals surface area contributed by atoms with Gasteiger partial charge in [-0.25, -0.2) is 9.59 Å². The van der Waals surface area contributed by atoms with Gasteiger partial charge in [0.1, 0.15) is 11.5 Å². The molecule has 2 N–H and O–H groups in total. The van der Waals surface area contributed by atoms with Crippen molar-refractivity contribution in [2.24, 2.45) is 0 Å². The molecule has 39 heavy (non-hydrogen) atoms. The first kappa shape index (κ1) is 32.1. The van der Waals surface area contributed by atoms with Crippen LogP contribution in [0.3, 0.4) is 0 Å². The summed E-state index contributed by atoms with van der Waals surface area (Å²) in [5.41, 5.74) is 0. The number of halogens is 6. The van der Waals surface area contributed by atoms with Crippen LogP contribution in [0.5, 0.6) is 0 Å². The normalized spacial score (nSPS) is 21.3. The van der Waals surface area contributed by atoms with Crippen molar-refractivity contribution < 1.29 is 60.0 Å². The zero-order chi connectivity index (χ0) is 29.2. The van der Waals surface area contributed by atoms with Crippen molar-refractivity contribution in [1.29, 1.82) is 0 Å². The Kier molecular flexibility index (Phi) is 11.8. The van der Waals surface area contributed by atoms with Crippen LogP contribution < -0.4 is 0 Å². The van der Waals surface area contributed by atoms with Crippen LogP contribution in [-0.2, 0) is 32.2 Å². The fourth-order valence-corrected chi connectivity index (χ4v) is 4.03. The molecule has 0 aromatic carbocycles. The summed E-state index contributed by atoms with van der Waals surface area (Å²) in [4.78, 5) is 20.3. The molecule has 0 amide bonds. The monoisotopic (exact) mass is 573 g/mol. The van der Waals surface area contributed by atoms with Crippen molar-refractivity contribution in [1.82, 2.24) is 14.7 Å². The summed E-state index contributed by atoms with van der Waals surface area (Å²) in [7, 11) is 0. The van der Waals surface area contributed by atoms with E-state index in [0.29, 0.717) is 6.04 Å². The topological polar surface area (TPSA) is 127 Å². The van der Waals surface area contributed by atoms with E-state index in [4.69, 9.17) is 33.7 Å². The number of aromatic nitrogens is 2. The van der Waals surface area contributed by atoms with Gasteiger partial charge in [0.05, 0.1) is 25.4 Å². The number of aliphatic carboxylic acids is 2. The minimum absolute atomic E-state index is 0.189. The van der Waals surface area contributed by atoms with Crippen LogP contribution in [0.15, 0.2) is 35.0 Å². The van der Waals surface area contributed by atoms with Crippen LogP contribution >= 0.6 is 0 Å². The number of carbonyl (C=O) groups is 2. The number of nitrogens with zero attached hydrogens (tertiary/aromatic N) is 3. The molecule has 1 aliphatic carbocycles. The van der Waals surface area contributed by atoms with Gasteiger partial charge < -0.3 is 24.1 Å². The Morgan fingerprint density at radius 2 is 1.74 bits per heavy atom. The quantitative estimate of drug-likeness (QED) is 0.375. The minimum atomic E-state index is -5.08. The standard InChI is InChI=1S/C19H27N3O3.2C2HF3O2/c1-15-4-5-16(25-15)14-21-11-13-24-19-17(21)6-7-18(19)23-12-3-10-22-9-2-8-20-22;2*3-2(4,5)1(6)7/h2,4-5,8-9,17-19H,3,6-7,10-14H2,1H3;2*(H,6,7)/t17-,18+,19+;;/m0../s1. The van der Waals surface area contributed by atoms with Crippen molar-refractivity contribution in [2.45, 2.75) is 69.9 Å². The predicted molar refractivity (Wildman–Crippen MR) is 121 cm³/mol. The number of carboxylic acids is 2. The number of hydrogen-bond donors (Lipinski definition) is 2. The van der Waals surface area contributed by atoms with Gasteiger partial charge in [0.2, 0.25) is 0 Å². The van der Waals surface area contributed by atoms with Crippen molar-refractivity contribution >= 4 is 11.9 Å². The predicted octanol–water partition coefficient (Wildman–Crippen LogP) is 3.89. The largest absolute Gasteiger partial charge is 0.490 e. The number of hydrogen-bond acceptors (Lipinski definition) is 7. The minimum Gasteiger partial charge on any atom is -0.475 e. The molecule has 0 unspecified atom stereocenters. The Morgan fingerprint density at radius 3 is 2.26 bits per heavy atom. The van der Waals surface area contributed by atoms with Gasteiger partial charge >= 0.3 is 24.3 Å². The molecule has 0 spiro atoms. The summed E-state index contributed by atoms with van der Waals surface area (Å²) in [6, 6.07) is 6.51. The molecule has 2 aromatic rings. The van der Waals surface area contributed by atoms with Crippen molar-refractivity contribution in [2.75, 3.05) is 19.8 Å². The van der Waals surface area contributed by atoms with Crippen molar-refractivity contribution in [3.05, 3.63) is 42.1 Å². The van der Waals surface area contributed by atoms with Crippen LogP contribution in [0.4, 0.5) is 26.3 Å². The number of furan rings is 1. The highest BCUT2D eigenvalue weighted by atomic mass is 19.4. The average Bonchev–Trinajstić information content (AvgIpc) is 3.59. The first-order valence-electron chi connectivity index (χ1n) is 11.8. The molecule has 3 heterocycles. The zero-order valence-corrected chi connectivity index (χ0v) is 20.8. The van der Waals surface area contributed by atoms with E-state index in [1.54, 1.807) is 0 Å². The molecule has 4 rings (SSSR count). The van der Waals surface area contributed by atoms with Crippen molar-refractivity contribution in [3.8, 4) is 0 Å². The van der Waals surface area contributed by atoms with Crippen LogP contribution in [0.1, 0.15) is 30.8 Å². The number of rotatable bonds is 7. The molecule has 0 radical (unpaired) electrons. The number of morpholine rings is 1. The maximum atomic E-state index is 10.6. The first-order valence-corrected chi connectivity index (χ1v) is 11.8. The van der Waals surface area contributed by atoms with Gasteiger partial charge in [-0.1, -0.05) is 0 Å². The molecule has 1 saturated heterocycles. The Morgan fingerprint density at radius 1 is 1.10 bits per heavy atom. The molecule has 0 bridgehead atoms. The third-order valence-electron chi connectivity index (χ3n) is 5.71. The second-order valence-electron chi connectivity index (χ2n) is 8.60. The van der Waals surface area contributed by atoms with E-state index >= 15 is 0 Å². The van der Waals surface area contributed by atoms with Crippen LogP contribution in [0.2, 0.25) is 0 Å². The highest BCUT2D eigenvalue weighted by molar-refractivity contribution is 5.73. The lowest BCUT2D eigenvalue weighted by atomic mass is 10.1. The molecule has 3 atom stereocenters. The lowest BCUT2D eigenvalue weighted by Gasteiger charge is -2.38. The second-order valence-corrected chi connectivity index (χ2v) is 8.60. The Labute approximate surface area is 219 Å². The van der Waals surface area contributed by atoms with Gasteiger partial charge in [0, 0.05) is 38.1 Å². The molecule has 220 valence electrons. The summed E-state index contributed by atoms with van der Waals surface area (Å²) >= 11 is 0. The van der Waals surface area contributed by atoms with E-state index in [9.17, 15) is 26.3 Å². The Balaban J connectivity index is 0.000000317. The van der Waals surface area contributed by atoms with Gasteiger partial charge in [0.15, 0.2) is 0 Å². The molecule has 2 fully saturated rings. The molecular formula is C23H29F6N3O7. The van der Waals surface area contributed by atoms with Crippen LogP contribution in [-0.4, -0.2) is 87.2 Å². The molecule has 2 aliphatic rings. The highest BCUT2D eigenvalue weighted by Gasteiger charge is 2.43. The first-order chi connectivity index (χ1) is 18.2. The molecule has 10 nitrogen and oxygen atoms in total. The van der Waals surface area contributed by atoms with E-state index in [1.165, 1.54) is 0 Å². The SMILES string of the molecule is Cc1ccc(CN2CCO[C@H]3[C@H](OCCCn4cccn4)CC[C@@H]32)o1.O=C(O)C(F)(F)F.O=C(O)C(F)(F)F. The van der Waals surface area contributed by atoms with E-state index < -0.39 is 24.3 Å². The number of aryl methyl sites for hydroxylation is 2. The van der Waals surface area contributed by atoms with Crippen LogP contribution in [0, 0.1) is 6.92 Å². The average molecular weight is 573 g/mol. The lowest BCUT2D eigenvalue weighted by Crippen LogP contribution is -2.51. The third-order valence-corrected chi connectivity index (χ3v) is 5.71. The highest BCUT2D eigenvalue weighted by Crippen LogP contribution is 2.33. The van der Waals surface area contributed by atoms with E-state index in [0.717, 1.165) is 63.6 Å². The number of ether oxygens (including phenoxy) is 2. The van der Waals surface area contributed by atoms with Gasteiger partial charge in [0.25, 0.3) is 0 Å². The van der Waals surface area contributed by atoms with Gasteiger partial charge in [-0.05, 0) is 44.4 Å². The van der Waals surface area contributed by atoms with Gasteiger partial charge in [-0.3, -0.25) is 9.58 Å². The maximum absolute atomic E-state index is 10.6. The number of carboxylic acid groups (broad SMARTS) is 2. The lowest BCUT2D eigenvalue weighted by molar-refractivity contribution is -0.193.